The Kier molecular flexibility index (Phi) is 59.9. The first kappa shape index (κ1) is 69.6. The van der Waals surface area contributed by atoms with Crippen molar-refractivity contribution in [2.24, 2.45) is 0 Å². The van der Waals surface area contributed by atoms with Crippen LogP contribution < -0.4 is 5.32 Å². The summed E-state index contributed by atoms with van der Waals surface area (Å²) in [5, 5.41) is 23.4. The van der Waals surface area contributed by atoms with E-state index in [1.807, 2.05) is 0 Å². The molecule has 0 aliphatic carbocycles. The van der Waals surface area contributed by atoms with E-state index in [0.29, 0.717) is 25.9 Å². The Morgan fingerprint density at radius 3 is 1.00 bits per heavy atom. The summed E-state index contributed by atoms with van der Waals surface area (Å²) in [7, 11) is 0. The van der Waals surface area contributed by atoms with Crippen molar-refractivity contribution in [2.75, 3.05) is 13.2 Å². The number of nitrogens with one attached hydrogen (secondary N) is 1. The molecule has 0 aromatic heterocycles. The van der Waals surface area contributed by atoms with Gasteiger partial charge in [-0.3, -0.25) is 9.59 Å². The molecule has 1 amide bonds. The fourth-order valence-electron chi connectivity index (χ4n) is 10.3. The second-order valence-electron chi connectivity index (χ2n) is 22.5. The van der Waals surface area contributed by atoms with Crippen LogP contribution >= 0.6 is 0 Å². The van der Waals surface area contributed by atoms with Crippen molar-refractivity contribution in [1.82, 2.24) is 5.32 Å². The van der Waals surface area contributed by atoms with Crippen LogP contribution in [0.2, 0.25) is 0 Å². The molecule has 2 unspecified atom stereocenters. The van der Waals surface area contributed by atoms with Gasteiger partial charge in [0.15, 0.2) is 0 Å². The molecule has 0 aromatic carbocycles. The first-order valence-corrected chi connectivity index (χ1v) is 32.4. The maximum atomic E-state index is 12.5. The maximum absolute atomic E-state index is 12.5. The van der Waals surface area contributed by atoms with Crippen LogP contribution in [0.1, 0.15) is 367 Å². The van der Waals surface area contributed by atoms with Crippen molar-refractivity contribution >= 4 is 11.9 Å². The van der Waals surface area contributed by atoms with Gasteiger partial charge in [0.2, 0.25) is 5.91 Å². The number of esters is 1. The Morgan fingerprint density at radius 1 is 0.380 bits per heavy atom. The van der Waals surface area contributed by atoms with E-state index in [4.69, 9.17) is 4.74 Å². The summed E-state index contributed by atoms with van der Waals surface area (Å²) in [5.74, 6) is -0.0287. The predicted molar refractivity (Wildman–Crippen MR) is 310 cm³/mol. The summed E-state index contributed by atoms with van der Waals surface area (Å²) in [5.41, 5.74) is 0. The Balaban J connectivity index is 3.42. The van der Waals surface area contributed by atoms with Gasteiger partial charge in [-0.25, -0.2) is 0 Å². The molecule has 71 heavy (non-hydrogen) atoms. The third-order valence-electron chi connectivity index (χ3n) is 15.3. The Hall–Kier alpha value is -1.40. The van der Waals surface area contributed by atoms with E-state index in [1.54, 1.807) is 0 Å². The fraction of sp³-hybridized carbons (Fsp3) is 0.938. The smallest absolute Gasteiger partial charge is 0.305 e. The summed E-state index contributed by atoms with van der Waals surface area (Å²) >= 11 is 0. The van der Waals surface area contributed by atoms with E-state index in [1.165, 1.54) is 295 Å². The van der Waals surface area contributed by atoms with Gasteiger partial charge in [0, 0.05) is 12.8 Å². The number of unbranched alkanes of at least 4 members (excludes halogenated alkanes) is 48. The predicted octanol–water partition coefficient (Wildman–Crippen LogP) is 20.4. The summed E-state index contributed by atoms with van der Waals surface area (Å²) in [6.45, 7) is 4.98. The molecule has 0 aliphatic heterocycles. The topological polar surface area (TPSA) is 95.9 Å². The van der Waals surface area contributed by atoms with Crippen molar-refractivity contribution in [2.45, 2.75) is 379 Å². The van der Waals surface area contributed by atoms with Crippen LogP contribution in [0, 0.1) is 0 Å². The Labute approximate surface area is 444 Å². The zero-order valence-corrected chi connectivity index (χ0v) is 48.2. The number of ether oxygens (including phenoxy) is 1. The van der Waals surface area contributed by atoms with E-state index in [9.17, 15) is 19.8 Å². The van der Waals surface area contributed by atoms with Crippen LogP contribution in [-0.2, 0) is 14.3 Å². The molecule has 0 aromatic rings. The molecule has 6 nitrogen and oxygen atoms in total. The van der Waals surface area contributed by atoms with E-state index in [-0.39, 0.29) is 18.5 Å². The van der Waals surface area contributed by atoms with E-state index in [2.05, 4.69) is 31.3 Å². The number of aliphatic hydroxyl groups excluding tert-OH is 2. The van der Waals surface area contributed by atoms with Gasteiger partial charge in [-0.05, 0) is 51.4 Å². The summed E-state index contributed by atoms with van der Waals surface area (Å²) in [6, 6.07) is -0.547. The zero-order chi connectivity index (χ0) is 51.4. The minimum Gasteiger partial charge on any atom is -0.466 e. The van der Waals surface area contributed by atoms with Gasteiger partial charge in [-0.1, -0.05) is 315 Å². The number of hydrogen-bond donors (Lipinski definition) is 3. The highest BCUT2D eigenvalue weighted by molar-refractivity contribution is 5.76. The summed E-state index contributed by atoms with van der Waals surface area (Å²) in [6.07, 6.45) is 73.7. The highest BCUT2D eigenvalue weighted by atomic mass is 16.5. The normalized spacial score (nSPS) is 12.6. The molecule has 0 radical (unpaired) electrons. The molecule has 6 heteroatoms. The molecule has 0 aliphatic rings. The number of hydrogen-bond acceptors (Lipinski definition) is 5. The number of rotatable bonds is 61. The van der Waals surface area contributed by atoms with Crippen LogP contribution in [0.15, 0.2) is 12.2 Å². The molecule has 0 heterocycles. The maximum Gasteiger partial charge on any atom is 0.305 e. The second-order valence-corrected chi connectivity index (χ2v) is 22.5. The number of amides is 1. The molecular formula is C65H127NO5. The van der Waals surface area contributed by atoms with E-state index in [0.717, 1.165) is 38.5 Å². The molecule has 0 rings (SSSR count). The molecule has 422 valence electrons. The van der Waals surface area contributed by atoms with Crippen molar-refractivity contribution in [1.29, 1.82) is 0 Å². The van der Waals surface area contributed by atoms with E-state index < -0.39 is 12.1 Å². The zero-order valence-electron chi connectivity index (χ0n) is 48.2. The number of carbonyl (C=O) groups is 2. The molecule has 0 spiro atoms. The van der Waals surface area contributed by atoms with Crippen molar-refractivity contribution in [3.05, 3.63) is 12.2 Å². The van der Waals surface area contributed by atoms with Gasteiger partial charge in [0.1, 0.15) is 0 Å². The highest BCUT2D eigenvalue weighted by Crippen LogP contribution is 2.18. The first-order valence-electron chi connectivity index (χ1n) is 32.4. The highest BCUT2D eigenvalue weighted by Gasteiger charge is 2.20. The number of aliphatic hydroxyl groups is 2. The van der Waals surface area contributed by atoms with Crippen molar-refractivity contribution < 1.29 is 24.5 Å². The van der Waals surface area contributed by atoms with Gasteiger partial charge < -0.3 is 20.3 Å². The van der Waals surface area contributed by atoms with Crippen LogP contribution in [0.4, 0.5) is 0 Å². The van der Waals surface area contributed by atoms with Crippen molar-refractivity contribution in [3.8, 4) is 0 Å². The lowest BCUT2D eigenvalue weighted by Crippen LogP contribution is -2.45. The lowest BCUT2D eigenvalue weighted by molar-refractivity contribution is -0.143. The number of allylic oxidation sites excluding steroid dienone is 2. The minimum atomic E-state index is -0.669. The van der Waals surface area contributed by atoms with Crippen LogP contribution in [0.5, 0.6) is 0 Å². The molecule has 3 N–H and O–H groups in total. The average Bonchev–Trinajstić information content (AvgIpc) is 3.37. The van der Waals surface area contributed by atoms with Crippen LogP contribution in [-0.4, -0.2) is 47.4 Å². The third kappa shape index (κ3) is 57.7. The SMILES string of the molecule is CCCCCCCCCCCCCCCCCCCCCCCC(O)C(CO)NC(=O)CCCCCCCCC/C=C\CCCCCCCCCCCCOC(=O)CCCCCCCCCCCCCC. The summed E-state index contributed by atoms with van der Waals surface area (Å²) in [4.78, 5) is 24.5. The lowest BCUT2D eigenvalue weighted by atomic mass is 10.0. The Morgan fingerprint density at radius 2 is 0.662 bits per heavy atom. The fourth-order valence-corrected chi connectivity index (χ4v) is 10.3. The molecule has 0 bridgehead atoms. The van der Waals surface area contributed by atoms with Crippen LogP contribution in [0.3, 0.4) is 0 Å². The van der Waals surface area contributed by atoms with Gasteiger partial charge in [-0.2, -0.15) is 0 Å². The van der Waals surface area contributed by atoms with Crippen molar-refractivity contribution in [3.63, 3.8) is 0 Å². The molecule has 2 atom stereocenters. The monoisotopic (exact) mass is 1000 g/mol. The largest absolute Gasteiger partial charge is 0.466 e. The van der Waals surface area contributed by atoms with Gasteiger partial charge >= 0.3 is 5.97 Å². The molecule has 0 saturated heterocycles. The molecule has 0 fully saturated rings. The van der Waals surface area contributed by atoms with Gasteiger partial charge in [-0.15, -0.1) is 0 Å². The first-order chi connectivity index (χ1) is 35.0. The average molecular weight is 1000 g/mol. The minimum absolute atomic E-state index is 0.00985. The second kappa shape index (κ2) is 61.1. The van der Waals surface area contributed by atoms with E-state index >= 15 is 0 Å². The summed E-state index contributed by atoms with van der Waals surface area (Å²) < 4.78 is 5.47. The van der Waals surface area contributed by atoms with Crippen LogP contribution in [0.25, 0.3) is 0 Å². The standard InChI is InChI=1S/C65H127NO5/c1-3-5-7-9-11-13-15-17-18-19-20-22-25-28-31-34-37-41-45-49-53-57-63(68)62(61-67)66-64(69)58-54-50-46-42-38-35-32-29-26-23-21-24-27-30-33-36-40-44-48-52-56-60-71-65(70)59-55-51-47-43-39-16-14-12-10-8-6-4-2/h23,26,62-63,67-68H,3-22,24-25,27-61H2,1-2H3,(H,66,69)/b26-23-. The Bertz CT molecular complexity index is 1060. The van der Waals surface area contributed by atoms with Gasteiger partial charge in [0.05, 0.1) is 25.4 Å². The molecule has 0 saturated carbocycles. The third-order valence-corrected chi connectivity index (χ3v) is 15.3. The lowest BCUT2D eigenvalue weighted by Gasteiger charge is -2.22. The quantitative estimate of drug-likeness (QED) is 0.0320. The van der Waals surface area contributed by atoms with Gasteiger partial charge in [0.25, 0.3) is 0 Å². The molecular weight excluding hydrogens is 875 g/mol. The number of carbonyl (C=O) groups excluding carboxylic acids is 2.